The van der Waals surface area contributed by atoms with E-state index in [9.17, 15) is 10.1 Å². The molecule has 0 bridgehead atoms. The zero-order valence-electron chi connectivity index (χ0n) is 20.9. The van der Waals surface area contributed by atoms with Crippen molar-refractivity contribution in [2.24, 2.45) is 0 Å². The highest BCUT2D eigenvalue weighted by Gasteiger charge is 2.26. The lowest BCUT2D eigenvalue weighted by molar-refractivity contribution is -0.114. The lowest BCUT2D eigenvalue weighted by Crippen LogP contribution is -2.29. The minimum Gasteiger partial charge on any atom is -0.493 e. The molecule has 1 heterocycles. The number of methoxy groups -OCH3 is 1. The van der Waals surface area contributed by atoms with Crippen molar-refractivity contribution in [1.82, 2.24) is 0 Å². The highest BCUT2D eigenvalue weighted by atomic mass is 16.5. The Balaban J connectivity index is 1.38. The fourth-order valence-electron chi connectivity index (χ4n) is 4.18. The van der Waals surface area contributed by atoms with Gasteiger partial charge in [-0.15, -0.1) is 0 Å². The molecule has 0 spiro atoms. The van der Waals surface area contributed by atoms with E-state index in [0.717, 1.165) is 34.5 Å². The van der Waals surface area contributed by atoms with Crippen LogP contribution in [0.5, 0.6) is 17.2 Å². The Labute approximate surface area is 212 Å². The van der Waals surface area contributed by atoms with Gasteiger partial charge in [-0.1, -0.05) is 36.4 Å². The molecule has 0 aliphatic carbocycles. The van der Waals surface area contributed by atoms with Crippen molar-refractivity contribution in [3.63, 3.8) is 0 Å². The molecule has 0 aromatic heterocycles. The molecule has 0 N–H and O–H groups in total. The second-order valence-corrected chi connectivity index (χ2v) is 8.74. The lowest BCUT2D eigenvalue weighted by atomic mass is 10.1. The number of carbonyl (C=O) groups excluding carboxylic acids is 1. The SMILES string of the molecule is COc1cc(/C=C(\C#N)C(=O)N2CCc3ccccc32)ccc1OCCCOc1cc(C)ccc1C. The molecule has 0 radical (unpaired) electrons. The first-order chi connectivity index (χ1) is 17.5. The van der Waals surface area contributed by atoms with E-state index in [0.29, 0.717) is 43.2 Å². The maximum atomic E-state index is 13.1. The predicted molar refractivity (Wildman–Crippen MR) is 141 cm³/mol. The topological polar surface area (TPSA) is 71.8 Å². The first-order valence-corrected chi connectivity index (χ1v) is 12.0. The van der Waals surface area contributed by atoms with Crippen LogP contribution < -0.4 is 19.1 Å². The van der Waals surface area contributed by atoms with E-state index in [2.05, 4.69) is 18.2 Å². The van der Waals surface area contributed by atoms with Crippen molar-refractivity contribution in [3.05, 3.63) is 88.5 Å². The minimum atomic E-state index is -0.300. The minimum absolute atomic E-state index is 0.0750. The first kappa shape index (κ1) is 24.9. The molecule has 184 valence electrons. The van der Waals surface area contributed by atoms with E-state index in [1.165, 1.54) is 0 Å². The number of benzene rings is 3. The van der Waals surface area contributed by atoms with Crippen LogP contribution in [0.25, 0.3) is 6.08 Å². The monoisotopic (exact) mass is 482 g/mol. The maximum Gasteiger partial charge on any atom is 0.268 e. The van der Waals surface area contributed by atoms with Gasteiger partial charge in [0.2, 0.25) is 0 Å². The van der Waals surface area contributed by atoms with Gasteiger partial charge >= 0.3 is 0 Å². The molecule has 0 fully saturated rings. The van der Waals surface area contributed by atoms with Gasteiger partial charge in [-0.05, 0) is 72.9 Å². The summed E-state index contributed by atoms with van der Waals surface area (Å²) < 4.78 is 17.3. The molecular weight excluding hydrogens is 452 g/mol. The normalized spacial score (nSPS) is 12.6. The largest absolute Gasteiger partial charge is 0.493 e. The van der Waals surface area contributed by atoms with Gasteiger partial charge in [0.05, 0.1) is 20.3 Å². The number of ether oxygens (including phenoxy) is 3. The molecule has 3 aromatic carbocycles. The van der Waals surface area contributed by atoms with Crippen LogP contribution in [-0.4, -0.2) is 32.8 Å². The van der Waals surface area contributed by atoms with Gasteiger partial charge in [-0.3, -0.25) is 4.79 Å². The van der Waals surface area contributed by atoms with Crippen LogP contribution in [0.3, 0.4) is 0 Å². The van der Waals surface area contributed by atoms with E-state index >= 15 is 0 Å². The summed E-state index contributed by atoms with van der Waals surface area (Å²) in [6, 6.07) is 21.4. The number of fused-ring (bicyclic) bond motifs is 1. The van der Waals surface area contributed by atoms with Crippen LogP contribution in [0.2, 0.25) is 0 Å². The van der Waals surface area contributed by atoms with Crippen LogP contribution in [0.4, 0.5) is 5.69 Å². The summed E-state index contributed by atoms with van der Waals surface area (Å²) in [6.45, 7) is 5.65. The van der Waals surface area contributed by atoms with Gasteiger partial charge in [0.15, 0.2) is 11.5 Å². The molecule has 0 saturated carbocycles. The van der Waals surface area contributed by atoms with Crippen LogP contribution >= 0.6 is 0 Å². The van der Waals surface area contributed by atoms with Gasteiger partial charge in [0.25, 0.3) is 5.91 Å². The molecule has 1 aliphatic rings. The Bertz CT molecular complexity index is 1320. The van der Waals surface area contributed by atoms with Crippen molar-refractivity contribution < 1.29 is 19.0 Å². The molecular formula is C30H30N2O4. The third kappa shape index (κ3) is 5.69. The zero-order valence-corrected chi connectivity index (χ0v) is 20.9. The molecule has 1 aliphatic heterocycles. The molecule has 6 heteroatoms. The highest BCUT2D eigenvalue weighted by molar-refractivity contribution is 6.12. The van der Waals surface area contributed by atoms with Crippen molar-refractivity contribution in [1.29, 1.82) is 5.26 Å². The fourth-order valence-corrected chi connectivity index (χ4v) is 4.18. The number of rotatable bonds is 9. The van der Waals surface area contributed by atoms with Crippen LogP contribution in [0.15, 0.2) is 66.2 Å². The predicted octanol–water partition coefficient (Wildman–Crippen LogP) is 5.66. The molecule has 6 nitrogen and oxygen atoms in total. The van der Waals surface area contributed by atoms with Crippen molar-refractivity contribution in [2.75, 3.05) is 31.8 Å². The quantitative estimate of drug-likeness (QED) is 0.224. The number of nitrogens with zero attached hydrogens (tertiary/aromatic N) is 2. The summed E-state index contributed by atoms with van der Waals surface area (Å²) in [7, 11) is 1.57. The van der Waals surface area contributed by atoms with Crippen LogP contribution in [0.1, 0.15) is 28.7 Å². The van der Waals surface area contributed by atoms with Gasteiger partial charge in [0.1, 0.15) is 17.4 Å². The van der Waals surface area contributed by atoms with Crippen molar-refractivity contribution >= 4 is 17.7 Å². The van der Waals surface area contributed by atoms with Crippen LogP contribution in [-0.2, 0) is 11.2 Å². The fraction of sp³-hybridized carbons (Fsp3) is 0.267. The van der Waals surface area contributed by atoms with Gasteiger partial charge in [0, 0.05) is 18.7 Å². The molecule has 36 heavy (non-hydrogen) atoms. The third-order valence-corrected chi connectivity index (χ3v) is 6.13. The molecule has 4 rings (SSSR count). The average molecular weight is 483 g/mol. The molecule has 3 aromatic rings. The first-order valence-electron chi connectivity index (χ1n) is 12.0. The van der Waals surface area contributed by atoms with Gasteiger partial charge in [-0.25, -0.2) is 0 Å². The van der Waals surface area contributed by atoms with Crippen molar-refractivity contribution in [2.45, 2.75) is 26.7 Å². The number of carbonyl (C=O) groups is 1. The number of anilines is 1. The summed E-state index contributed by atoms with van der Waals surface area (Å²) in [5.41, 5.74) is 5.02. The second-order valence-electron chi connectivity index (χ2n) is 8.74. The second kappa shape index (κ2) is 11.5. The Morgan fingerprint density at radius 1 is 1.00 bits per heavy atom. The van der Waals surface area contributed by atoms with Crippen molar-refractivity contribution in [3.8, 4) is 23.3 Å². The summed E-state index contributed by atoms with van der Waals surface area (Å²) in [5.74, 6) is 1.73. The van der Waals surface area contributed by atoms with E-state index < -0.39 is 0 Å². The number of hydrogen-bond acceptors (Lipinski definition) is 5. The zero-order chi connectivity index (χ0) is 25.5. The van der Waals surface area contributed by atoms with E-state index in [4.69, 9.17) is 14.2 Å². The Morgan fingerprint density at radius 2 is 1.78 bits per heavy atom. The average Bonchev–Trinajstić information content (AvgIpc) is 3.33. The molecule has 1 amide bonds. The highest BCUT2D eigenvalue weighted by Crippen LogP contribution is 2.31. The summed E-state index contributed by atoms with van der Waals surface area (Å²) >= 11 is 0. The Kier molecular flexibility index (Phi) is 7.92. The van der Waals surface area contributed by atoms with E-state index in [1.807, 2.05) is 50.2 Å². The standard InChI is InChI=1S/C30H30N2O4/c1-21-9-10-22(2)28(17-21)36-16-6-15-35-27-12-11-23(19-29(27)34-3)18-25(20-31)30(33)32-14-13-24-7-4-5-8-26(24)32/h4-5,7-12,17-19H,6,13-16H2,1-3H3/b25-18+. The van der Waals surface area contributed by atoms with Gasteiger partial charge in [-0.2, -0.15) is 5.26 Å². The van der Waals surface area contributed by atoms with E-state index in [-0.39, 0.29) is 11.5 Å². The Morgan fingerprint density at radius 3 is 2.56 bits per heavy atom. The number of hydrogen-bond donors (Lipinski definition) is 0. The summed E-state index contributed by atoms with van der Waals surface area (Å²) in [5, 5.41) is 9.69. The molecule has 0 saturated heterocycles. The summed E-state index contributed by atoms with van der Waals surface area (Å²) in [4.78, 5) is 14.7. The maximum absolute atomic E-state index is 13.1. The lowest BCUT2D eigenvalue weighted by Gasteiger charge is -2.16. The van der Waals surface area contributed by atoms with Gasteiger partial charge < -0.3 is 19.1 Å². The van der Waals surface area contributed by atoms with E-state index in [1.54, 1.807) is 30.2 Å². The number of nitriles is 1. The van der Waals surface area contributed by atoms with Crippen LogP contribution in [0, 0.1) is 25.2 Å². The number of amides is 1. The number of para-hydroxylation sites is 1. The third-order valence-electron chi connectivity index (χ3n) is 6.13. The Hall–Kier alpha value is -4.24. The smallest absolute Gasteiger partial charge is 0.268 e. The molecule has 0 unspecified atom stereocenters. The molecule has 0 atom stereocenters. The number of aryl methyl sites for hydroxylation is 2. The summed E-state index contributed by atoms with van der Waals surface area (Å²) in [6.07, 6.45) is 3.09.